The van der Waals surface area contributed by atoms with Crippen molar-refractivity contribution in [2.24, 2.45) is 16.5 Å². The Kier molecular flexibility index (Phi) is 11.4. The summed E-state index contributed by atoms with van der Waals surface area (Å²) in [5.41, 5.74) is 10.8. The van der Waals surface area contributed by atoms with E-state index in [9.17, 15) is 0 Å². The fourth-order valence-corrected chi connectivity index (χ4v) is 2.05. The zero-order valence-electron chi connectivity index (χ0n) is 11.7. The van der Waals surface area contributed by atoms with E-state index in [1.807, 2.05) is 0 Å². The van der Waals surface area contributed by atoms with Crippen LogP contribution >= 0.6 is 0 Å². The summed E-state index contributed by atoms with van der Waals surface area (Å²) < 4.78 is 0. The molecule has 0 radical (unpaired) electrons. The Morgan fingerprint density at radius 2 is 1.67 bits per heavy atom. The monoisotopic (exact) mass is 252 g/mol. The topological polar surface area (TPSA) is 88.2 Å². The molecule has 0 aliphatic heterocycles. The van der Waals surface area contributed by atoms with Crippen LogP contribution in [0.4, 0.5) is 0 Å². The first-order chi connectivity index (χ1) is 8.70. The average Bonchev–Trinajstić information content (AvgIpc) is 2.34. The molecule has 104 valence electrons. The number of hydrogen-bond donors (Lipinski definition) is 2. The van der Waals surface area contributed by atoms with Crippen molar-refractivity contribution in [2.75, 3.05) is 0 Å². The molecule has 0 heterocycles. The van der Waals surface area contributed by atoms with E-state index >= 15 is 0 Å². The minimum atomic E-state index is 0.130. The van der Waals surface area contributed by atoms with Gasteiger partial charge >= 0.3 is 0 Å². The summed E-state index contributed by atoms with van der Waals surface area (Å²) in [5, 5.41) is 8.58. The molecule has 4 nitrogen and oxygen atoms in total. The summed E-state index contributed by atoms with van der Waals surface area (Å²) in [5.74, 6) is 0.140. The minimum Gasteiger partial charge on any atom is -0.370 e. The fourth-order valence-electron chi connectivity index (χ4n) is 2.05. The van der Waals surface area contributed by atoms with Crippen molar-refractivity contribution in [1.82, 2.24) is 0 Å². The van der Waals surface area contributed by atoms with Gasteiger partial charge in [-0.25, -0.2) is 0 Å². The van der Waals surface area contributed by atoms with Crippen LogP contribution in [0.15, 0.2) is 4.99 Å². The highest BCUT2D eigenvalue weighted by Gasteiger charge is 2.06. The van der Waals surface area contributed by atoms with Gasteiger partial charge in [-0.2, -0.15) is 5.26 Å². The Morgan fingerprint density at radius 1 is 1.06 bits per heavy atom. The van der Waals surface area contributed by atoms with E-state index in [-0.39, 0.29) is 12.0 Å². The van der Waals surface area contributed by atoms with Gasteiger partial charge in [0.1, 0.15) is 0 Å². The molecule has 0 rings (SSSR count). The second kappa shape index (κ2) is 12.2. The maximum atomic E-state index is 8.58. The quantitative estimate of drug-likeness (QED) is 0.336. The number of unbranched alkanes of at least 4 members (excludes halogenated alkanes) is 6. The van der Waals surface area contributed by atoms with Crippen LogP contribution in [0, 0.1) is 11.3 Å². The van der Waals surface area contributed by atoms with Gasteiger partial charge in [0.15, 0.2) is 5.96 Å². The first-order valence-corrected chi connectivity index (χ1v) is 7.16. The highest BCUT2D eigenvalue weighted by atomic mass is 15.0. The second-order valence-electron chi connectivity index (χ2n) is 4.81. The molecule has 0 aliphatic rings. The molecule has 1 atom stereocenters. The average molecular weight is 252 g/mol. The van der Waals surface area contributed by atoms with Crippen LogP contribution in [0.1, 0.15) is 71.1 Å². The summed E-state index contributed by atoms with van der Waals surface area (Å²) in [7, 11) is 0. The maximum absolute atomic E-state index is 8.58. The molecule has 0 amide bonds. The lowest BCUT2D eigenvalue weighted by Crippen LogP contribution is -2.25. The van der Waals surface area contributed by atoms with E-state index in [0.29, 0.717) is 6.42 Å². The number of nitrogens with zero attached hydrogens (tertiary/aromatic N) is 2. The molecule has 4 heteroatoms. The number of hydrogen-bond acceptors (Lipinski definition) is 2. The minimum absolute atomic E-state index is 0.130. The van der Waals surface area contributed by atoms with Gasteiger partial charge in [0.05, 0.1) is 12.1 Å². The molecular weight excluding hydrogens is 224 g/mol. The number of nitriles is 1. The Bertz CT molecular complexity index is 251. The second-order valence-corrected chi connectivity index (χ2v) is 4.81. The van der Waals surface area contributed by atoms with Crippen molar-refractivity contribution >= 4 is 5.96 Å². The van der Waals surface area contributed by atoms with Gasteiger partial charge in [0.25, 0.3) is 0 Å². The van der Waals surface area contributed by atoms with Gasteiger partial charge in [0, 0.05) is 6.42 Å². The van der Waals surface area contributed by atoms with Crippen molar-refractivity contribution in [3.8, 4) is 6.07 Å². The van der Waals surface area contributed by atoms with Crippen LogP contribution in [-0.2, 0) is 0 Å². The molecule has 0 saturated heterocycles. The van der Waals surface area contributed by atoms with E-state index in [1.54, 1.807) is 0 Å². The Hall–Kier alpha value is -1.24. The molecule has 0 aromatic carbocycles. The number of guanidine groups is 1. The van der Waals surface area contributed by atoms with Crippen molar-refractivity contribution in [2.45, 2.75) is 77.2 Å². The molecular formula is C14H28N4. The summed E-state index contributed by atoms with van der Waals surface area (Å²) >= 11 is 0. The summed E-state index contributed by atoms with van der Waals surface area (Å²) in [6.45, 7) is 2.23. The SMILES string of the molecule is CCCCCCCCCC(CCC#N)N=C(N)N. The van der Waals surface area contributed by atoms with Crippen LogP contribution < -0.4 is 11.5 Å². The fraction of sp³-hybridized carbons (Fsp3) is 0.857. The van der Waals surface area contributed by atoms with E-state index < -0.39 is 0 Å². The first kappa shape index (κ1) is 16.8. The summed E-state index contributed by atoms with van der Waals surface area (Å²) in [6.07, 6.45) is 11.3. The van der Waals surface area contributed by atoms with Gasteiger partial charge in [-0.15, -0.1) is 0 Å². The predicted molar refractivity (Wildman–Crippen MR) is 77.1 cm³/mol. The Balaban J connectivity index is 3.63. The molecule has 0 spiro atoms. The lowest BCUT2D eigenvalue weighted by atomic mass is 10.0. The Labute approximate surface area is 111 Å². The molecule has 0 fully saturated rings. The molecule has 0 aromatic rings. The van der Waals surface area contributed by atoms with Crippen molar-refractivity contribution < 1.29 is 0 Å². The predicted octanol–water partition coefficient (Wildman–Crippen LogP) is 3.07. The zero-order chi connectivity index (χ0) is 13.6. The van der Waals surface area contributed by atoms with E-state index in [2.05, 4.69) is 18.0 Å². The lowest BCUT2D eigenvalue weighted by molar-refractivity contribution is 0.514. The first-order valence-electron chi connectivity index (χ1n) is 7.16. The van der Waals surface area contributed by atoms with Crippen molar-refractivity contribution in [1.29, 1.82) is 5.26 Å². The van der Waals surface area contributed by atoms with Gasteiger partial charge in [-0.1, -0.05) is 51.9 Å². The summed E-state index contributed by atoms with van der Waals surface area (Å²) in [4.78, 5) is 4.18. The van der Waals surface area contributed by atoms with E-state index in [0.717, 1.165) is 19.3 Å². The van der Waals surface area contributed by atoms with E-state index in [4.69, 9.17) is 16.7 Å². The lowest BCUT2D eigenvalue weighted by Gasteiger charge is -2.10. The number of rotatable bonds is 11. The third kappa shape index (κ3) is 11.3. The number of aliphatic imine (C=N–C) groups is 1. The molecule has 0 saturated carbocycles. The van der Waals surface area contributed by atoms with Crippen LogP contribution in [0.5, 0.6) is 0 Å². The smallest absolute Gasteiger partial charge is 0.186 e. The Morgan fingerprint density at radius 3 is 2.22 bits per heavy atom. The van der Waals surface area contributed by atoms with Gasteiger partial charge in [0.2, 0.25) is 0 Å². The third-order valence-electron chi connectivity index (χ3n) is 3.06. The third-order valence-corrected chi connectivity index (χ3v) is 3.06. The van der Waals surface area contributed by atoms with Gasteiger partial charge < -0.3 is 11.5 Å². The van der Waals surface area contributed by atoms with Gasteiger partial charge in [-0.05, 0) is 12.8 Å². The number of nitrogens with two attached hydrogens (primary N) is 2. The van der Waals surface area contributed by atoms with Crippen LogP contribution in [0.3, 0.4) is 0 Å². The summed E-state index contributed by atoms with van der Waals surface area (Å²) in [6, 6.07) is 2.28. The van der Waals surface area contributed by atoms with Crippen LogP contribution in [0.2, 0.25) is 0 Å². The molecule has 0 bridgehead atoms. The molecule has 4 N–H and O–H groups in total. The standard InChI is InChI=1S/C14H28N4/c1-2-3-4-5-6-7-8-10-13(11-9-12-15)18-14(16)17/h13H,2-11H2,1H3,(H4,16,17,18). The highest BCUT2D eigenvalue weighted by Crippen LogP contribution is 2.14. The van der Waals surface area contributed by atoms with Gasteiger partial charge in [-0.3, -0.25) is 4.99 Å². The van der Waals surface area contributed by atoms with E-state index in [1.165, 1.54) is 38.5 Å². The largest absolute Gasteiger partial charge is 0.370 e. The molecule has 18 heavy (non-hydrogen) atoms. The van der Waals surface area contributed by atoms with Crippen molar-refractivity contribution in [3.63, 3.8) is 0 Å². The maximum Gasteiger partial charge on any atom is 0.186 e. The molecule has 1 unspecified atom stereocenters. The van der Waals surface area contributed by atoms with Crippen LogP contribution in [0.25, 0.3) is 0 Å². The highest BCUT2D eigenvalue weighted by molar-refractivity contribution is 5.75. The molecule has 0 aliphatic carbocycles. The normalized spacial score (nSPS) is 11.8. The van der Waals surface area contributed by atoms with Crippen molar-refractivity contribution in [3.05, 3.63) is 0 Å². The zero-order valence-corrected chi connectivity index (χ0v) is 11.7. The molecule has 0 aromatic heterocycles. The van der Waals surface area contributed by atoms with Crippen LogP contribution in [-0.4, -0.2) is 12.0 Å².